The fraction of sp³-hybridized carbons (Fsp3) is 0.400. The van der Waals surface area contributed by atoms with E-state index in [4.69, 9.17) is 19.8 Å². The first-order valence-corrected chi connectivity index (χ1v) is 14.0. The molecule has 1 aromatic carbocycles. The molecule has 0 bridgehead atoms. The zero-order valence-corrected chi connectivity index (χ0v) is 22.7. The van der Waals surface area contributed by atoms with Gasteiger partial charge in [-0.15, -0.1) is 11.3 Å². The quantitative estimate of drug-likeness (QED) is 0.218. The lowest BCUT2D eigenvalue weighted by Crippen LogP contribution is -2.07. The molecule has 1 aliphatic rings. The highest BCUT2D eigenvalue weighted by Gasteiger charge is 2.30. The Morgan fingerprint density at radius 2 is 2.00 bits per heavy atom. The predicted octanol–water partition coefficient (Wildman–Crippen LogP) is 6.35. The van der Waals surface area contributed by atoms with Gasteiger partial charge in [0.25, 0.3) is 0 Å². The first-order chi connectivity index (χ1) is 18.1. The molecule has 0 spiro atoms. The van der Waals surface area contributed by atoms with Crippen molar-refractivity contribution >= 4 is 17.1 Å². The van der Waals surface area contributed by atoms with E-state index in [1.807, 2.05) is 6.20 Å². The van der Waals surface area contributed by atoms with Crippen LogP contribution in [0.4, 0.5) is 0 Å². The third kappa shape index (κ3) is 5.43. The van der Waals surface area contributed by atoms with Crippen molar-refractivity contribution < 1.29 is 9.53 Å². The minimum atomic E-state index is 0.244. The smallest absolute Gasteiger partial charge is 0.139 e. The highest BCUT2D eigenvalue weighted by atomic mass is 32.1. The summed E-state index contributed by atoms with van der Waals surface area (Å²) in [5, 5.41) is 6.07. The van der Waals surface area contributed by atoms with E-state index in [9.17, 15) is 4.79 Å². The molecule has 5 rings (SSSR count). The van der Waals surface area contributed by atoms with E-state index in [0.29, 0.717) is 19.4 Å². The Labute approximate surface area is 222 Å². The van der Waals surface area contributed by atoms with Gasteiger partial charge < -0.3 is 4.74 Å². The number of hydrogen-bond donors (Lipinski definition) is 0. The van der Waals surface area contributed by atoms with Crippen molar-refractivity contribution in [1.29, 1.82) is 0 Å². The summed E-state index contributed by atoms with van der Waals surface area (Å²) in [5.74, 6) is 0.244. The summed E-state index contributed by atoms with van der Waals surface area (Å²) in [5.41, 5.74) is 8.81. The second-order valence-electron chi connectivity index (χ2n) is 9.71. The number of Topliss-reactive ketones (excluding diaryl/α,β-unsaturated/α-hetero) is 1. The number of benzene rings is 1. The van der Waals surface area contributed by atoms with E-state index in [0.717, 1.165) is 82.4 Å². The molecular weight excluding hydrogens is 480 g/mol. The number of carbonyl (C=O) groups excluding carboxylic acids is 1. The molecule has 0 atom stereocenters. The van der Waals surface area contributed by atoms with Crippen LogP contribution in [0.5, 0.6) is 0 Å². The van der Waals surface area contributed by atoms with Gasteiger partial charge in [0.1, 0.15) is 10.8 Å². The number of methoxy groups -OCH3 is 1. The molecule has 0 N–H and O–H groups in total. The van der Waals surface area contributed by atoms with Crippen molar-refractivity contribution in [2.75, 3.05) is 13.7 Å². The average molecular weight is 515 g/mol. The summed E-state index contributed by atoms with van der Waals surface area (Å²) in [7, 11) is 1.70. The Hall–Kier alpha value is -3.16. The fourth-order valence-electron chi connectivity index (χ4n) is 5.00. The monoisotopic (exact) mass is 514 g/mol. The number of rotatable bonds is 11. The molecule has 0 aliphatic heterocycles. The molecule has 0 saturated heterocycles. The number of pyridine rings is 1. The Morgan fingerprint density at radius 1 is 1.14 bits per heavy atom. The fourth-order valence-corrected chi connectivity index (χ4v) is 6.19. The third-order valence-corrected chi connectivity index (χ3v) is 8.01. The SMILES string of the molecule is CCCc1ccc(-c2nn(-c3ccccc3C)c3c2CCc2nc(CC(=O)CCCCOC)sc2-3)cn1. The van der Waals surface area contributed by atoms with E-state index in [1.165, 1.54) is 11.1 Å². The van der Waals surface area contributed by atoms with Gasteiger partial charge in [0.05, 0.1) is 34.1 Å². The number of para-hydroxylation sites is 1. The molecule has 0 saturated carbocycles. The maximum absolute atomic E-state index is 12.6. The normalized spacial score (nSPS) is 12.4. The van der Waals surface area contributed by atoms with Gasteiger partial charge in [-0.25, -0.2) is 9.67 Å². The highest BCUT2D eigenvalue weighted by molar-refractivity contribution is 7.15. The van der Waals surface area contributed by atoms with Crippen molar-refractivity contribution in [2.24, 2.45) is 0 Å². The largest absolute Gasteiger partial charge is 0.385 e. The molecule has 4 aromatic rings. The highest BCUT2D eigenvalue weighted by Crippen LogP contribution is 2.43. The first-order valence-electron chi connectivity index (χ1n) is 13.2. The Morgan fingerprint density at radius 3 is 2.76 bits per heavy atom. The second kappa shape index (κ2) is 11.5. The van der Waals surface area contributed by atoms with Crippen LogP contribution in [0.1, 0.15) is 60.1 Å². The maximum atomic E-state index is 12.6. The van der Waals surface area contributed by atoms with Crippen LogP contribution in [0.15, 0.2) is 42.6 Å². The van der Waals surface area contributed by atoms with Crippen LogP contribution in [0.25, 0.3) is 27.5 Å². The third-order valence-electron chi connectivity index (χ3n) is 6.90. The van der Waals surface area contributed by atoms with Crippen molar-refractivity contribution in [1.82, 2.24) is 19.7 Å². The van der Waals surface area contributed by atoms with E-state index >= 15 is 0 Å². The van der Waals surface area contributed by atoms with Crippen LogP contribution in [0, 0.1) is 6.92 Å². The van der Waals surface area contributed by atoms with Crippen molar-refractivity contribution in [2.45, 2.75) is 65.2 Å². The van der Waals surface area contributed by atoms with Gasteiger partial charge in [-0.1, -0.05) is 31.5 Å². The number of ketones is 1. The second-order valence-corrected chi connectivity index (χ2v) is 10.8. The van der Waals surface area contributed by atoms with Gasteiger partial charge in [-0.2, -0.15) is 5.10 Å². The zero-order valence-electron chi connectivity index (χ0n) is 21.9. The topological polar surface area (TPSA) is 69.9 Å². The first kappa shape index (κ1) is 25.5. The summed E-state index contributed by atoms with van der Waals surface area (Å²) < 4.78 is 7.19. The summed E-state index contributed by atoms with van der Waals surface area (Å²) >= 11 is 1.65. The van der Waals surface area contributed by atoms with Crippen LogP contribution in [0.3, 0.4) is 0 Å². The zero-order chi connectivity index (χ0) is 25.8. The van der Waals surface area contributed by atoms with Crippen LogP contribution in [-0.2, 0) is 35.2 Å². The summed E-state index contributed by atoms with van der Waals surface area (Å²) in [6, 6.07) is 12.6. The number of thiazole rings is 1. The maximum Gasteiger partial charge on any atom is 0.139 e. The van der Waals surface area contributed by atoms with E-state index in [2.05, 4.69) is 54.9 Å². The molecular formula is C30H34N4O2S. The number of aromatic nitrogens is 4. The number of ether oxygens (including phenoxy) is 1. The van der Waals surface area contributed by atoms with Crippen LogP contribution in [-0.4, -0.2) is 39.2 Å². The molecule has 0 radical (unpaired) electrons. The molecule has 3 heterocycles. The van der Waals surface area contributed by atoms with Gasteiger partial charge in [0.15, 0.2) is 0 Å². The van der Waals surface area contributed by atoms with Gasteiger partial charge in [-0.3, -0.25) is 9.78 Å². The lowest BCUT2D eigenvalue weighted by molar-refractivity contribution is -0.118. The van der Waals surface area contributed by atoms with Gasteiger partial charge in [0.2, 0.25) is 0 Å². The standard InChI is InChI=1S/C30H34N4O2S/c1-4-9-22-14-13-21(19-31-22)28-24-15-16-25-30(29(24)34(33-28)26-12-6-5-10-20(26)2)37-27(32-25)18-23(35)11-7-8-17-36-3/h5-6,10,12-14,19H,4,7-9,11,15-18H2,1-3H3. The minimum absolute atomic E-state index is 0.244. The predicted molar refractivity (Wildman–Crippen MR) is 148 cm³/mol. The van der Waals surface area contributed by atoms with Crippen molar-refractivity contribution in [3.05, 3.63) is 70.1 Å². The average Bonchev–Trinajstić information content (AvgIpc) is 3.49. The van der Waals surface area contributed by atoms with E-state index < -0.39 is 0 Å². The molecule has 3 aromatic heterocycles. The van der Waals surface area contributed by atoms with E-state index in [1.54, 1.807) is 18.4 Å². The molecule has 192 valence electrons. The number of nitrogens with zero attached hydrogens (tertiary/aromatic N) is 4. The Balaban J connectivity index is 1.53. The molecule has 0 fully saturated rings. The van der Waals surface area contributed by atoms with Crippen LogP contribution >= 0.6 is 11.3 Å². The lowest BCUT2D eigenvalue weighted by atomic mass is 9.95. The summed E-state index contributed by atoms with van der Waals surface area (Å²) in [6.45, 7) is 4.99. The number of aryl methyl sites for hydroxylation is 3. The van der Waals surface area contributed by atoms with E-state index in [-0.39, 0.29) is 5.78 Å². The molecule has 37 heavy (non-hydrogen) atoms. The summed E-state index contributed by atoms with van der Waals surface area (Å²) in [6.07, 6.45) is 8.49. The molecule has 7 heteroatoms. The molecule has 6 nitrogen and oxygen atoms in total. The number of unbranched alkanes of at least 4 members (excludes halogenated alkanes) is 1. The van der Waals surface area contributed by atoms with Gasteiger partial charge in [-0.05, 0) is 62.8 Å². The number of hydrogen-bond acceptors (Lipinski definition) is 6. The molecule has 1 aliphatic carbocycles. The molecule has 0 amide bonds. The summed E-state index contributed by atoms with van der Waals surface area (Å²) in [4.78, 5) is 23.4. The minimum Gasteiger partial charge on any atom is -0.385 e. The van der Waals surface area contributed by atoms with Crippen LogP contribution in [0.2, 0.25) is 0 Å². The van der Waals surface area contributed by atoms with Crippen LogP contribution < -0.4 is 0 Å². The Kier molecular flexibility index (Phi) is 7.91. The van der Waals surface area contributed by atoms with Crippen molar-refractivity contribution in [3.63, 3.8) is 0 Å². The van der Waals surface area contributed by atoms with Gasteiger partial charge in [0, 0.05) is 43.2 Å². The van der Waals surface area contributed by atoms with Gasteiger partial charge >= 0.3 is 0 Å². The number of carbonyl (C=O) groups is 1. The molecule has 0 unspecified atom stereocenters. The number of fused-ring (bicyclic) bond motifs is 3. The Bertz CT molecular complexity index is 1390. The lowest BCUT2D eigenvalue weighted by Gasteiger charge is -2.15. The van der Waals surface area contributed by atoms with Crippen molar-refractivity contribution in [3.8, 4) is 27.5 Å².